The summed E-state index contributed by atoms with van der Waals surface area (Å²) in [5.74, 6) is 1.79. The van der Waals surface area contributed by atoms with Gasteiger partial charge in [0.1, 0.15) is 18.2 Å². The SMILES string of the molecule is O=C1NCN(c2ccccc2)C12CCN(CC1COc3ccc4[nH]ccc4c3O1)CC2. The van der Waals surface area contributed by atoms with E-state index in [9.17, 15) is 4.79 Å². The number of hydrogen-bond acceptors (Lipinski definition) is 5. The van der Waals surface area contributed by atoms with E-state index in [-0.39, 0.29) is 12.0 Å². The number of aromatic nitrogens is 1. The number of hydrogen-bond donors (Lipinski definition) is 2. The van der Waals surface area contributed by atoms with E-state index in [1.165, 1.54) is 0 Å². The second-order valence-electron chi connectivity index (χ2n) is 8.64. The number of rotatable bonds is 3. The first kappa shape index (κ1) is 18.6. The molecule has 3 aliphatic heterocycles. The highest BCUT2D eigenvalue weighted by molar-refractivity contribution is 5.93. The number of anilines is 1. The number of ether oxygens (including phenoxy) is 2. The van der Waals surface area contributed by atoms with E-state index < -0.39 is 5.54 Å². The molecule has 1 atom stereocenters. The van der Waals surface area contributed by atoms with Crippen LogP contribution in [-0.2, 0) is 4.79 Å². The maximum absolute atomic E-state index is 12.8. The van der Waals surface area contributed by atoms with Crippen molar-refractivity contribution >= 4 is 22.5 Å². The van der Waals surface area contributed by atoms with E-state index in [0.29, 0.717) is 13.3 Å². The summed E-state index contributed by atoms with van der Waals surface area (Å²) in [6.07, 6.45) is 3.51. The summed E-state index contributed by atoms with van der Waals surface area (Å²) < 4.78 is 12.4. The van der Waals surface area contributed by atoms with Gasteiger partial charge in [0.15, 0.2) is 11.5 Å². The van der Waals surface area contributed by atoms with Crippen LogP contribution in [0.2, 0.25) is 0 Å². The summed E-state index contributed by atoms with van der Waals surface area (Å²) in [6, 6.07) is 16.2. The van der Waals surface area contributed by atoms with Crippen molar-refractivity contribution in [3.05, 3.63) is 54.7 Å². The number of para-hydroxylation sites is 1. The molecule has 7 nitrogen and oxygen atoms in total. The zero-order valence-corrected chi connectivity index (χ0v) is 17.3. The summed E-state index contributed by atoms with van der Waals surface area (Å²) in [6.45, 7) is 3.63. The lowest BCUT2D eigenvalue weighted by Crippen LogP contribution is -2.57. The smallest absolute Gasteiger partial charge is 0.247 e. The Hall–Kier alpha value is -3.19. The lowest BCUT2D eigenvalue weighted by Gasteiger charge is -2.44. The number of carbonyl (C=O) groups is 1. The van der Waals surface area contributed by atoms with Crippen LogP contribution >= 0.6 is 0 Å². The van der Waals surface area contributed by atoms with Crippen LogP contribution in [0.4, 0.5) is 5.69 Å². The molecule has 0 bridgehead atoms. The number of nitrogens with zero attached hydrogens (tertiary/aromatic N) is 2. The molecule has 3 aliphatic rings. The molecule has 0 aliphatic carbocycles. The lowest BCUT2D eigenvalue weighted by atomic mass is 9.85. The minimum Gasteiger partial charge on any atom is -0.486 e. The molecule has 160 valence electrons. The first-order valence-electron chi connectivity index (χ1n) is 11.0. The van der Waals surface area contributed by atoms with Crippen LogP contribution in [0.5, 0.6) is 11.5 Å². The van der Waals surface area contributed by atoms with Crippen molar-refractivity contribution in [1.29, 1.82) is 0 Å². The zero-order chi connectivity index (χ0) is 20.8. The highest BCUT2D eigenvalue weighted by atomic mass is 16.6. The van der Waals surface area contributed by atoms with E-state index in [1.54, 1.807) is 0 Å². The molecular weight excluding hydrogens is 392 g/mol. The van der Waals surface area contributed by atoms with Crippen LogP contribution < -0.4 is 19.7 Å². The molecule has 1 aromatic heterocycles. The van der Waals surface area contributed by atoms with Gasteiger partial charge in [0.2, 0.25) is 5.91 Å². The van der Waals surface area contributed by atoms with Gasteiger partial charge in [-0.25, -0.2) is 0 Å². The summed E-state index contributed by atoms with van der Waals surface area (Å²) in [7, 11) is 0. The fourth-order valence-electron chi connectivity index (χ4n) is 5.22. The van der Waals surface area contributed by atoms with Gasteiger partial charge in [0.25, 0.3) is 0 Å². The van der Waals surface area contributed by atoms with Crippen molar-refractivity contribution in [2.75, 3.05) is 37.8 Å². The molecule has 2 N–H and O–H groups in total. The third-order valence-corrected chi connectivity index (χ3v) is 6.91. The fraction of sp³-hybridized carbons (Fsp3) is 0.375. The number of benzene rings is 2. The maximum Gasteiger partial charge on any atom is 0.247 e. The molecule has 0 saturated carbocycles. The molecule has 7 heteroatoms. The minimum atomic E-state index is -0.453. The summed E-state index contributed by atoms with van der Waals surface area (Å²) in [4.78, 5) is 20.7. The first-order valence-corrected chi connectivity index (χ1v) is 11.0. The van der Waals surface area contributed by atoms with Gasteiger partial charge in [-0.05, 0) is 43.2 Å². The largest absolute Gasteiger partial charge is 0.486 e. The highest BCUT2D eigenvalue weighted by Crippen LogP contribution is 2.39. The molecule has 3 aromatic rings. The third kappa shape index (κ3) is 3.03. The number of amides is 1. The normalized spacial score (nSPS) is 22.8. The molecule has 2 fully saturated rings. The Balaban J connectivity index is 1.14. The van der Waals surface area contributed by atoms with Crippen LogP contribution in [0.3, 0.4) is 0 Å². The van der Waals surface area contributed by atoms with E-state index >= 15 is 0 Å². The average Bonchev–Trinajstić information content (AvgIpc) is 3.41. The number of aromatic amines is 1. The van der Waals surface area contributed by atoms with Crippen molar-refractivity contribution in [2.45, 2.75) is 24.5 Å². The Labute approximate surface area is 180 Å². The number of likely N-dealkylation sites (tertiary alicyclic amines) is 1. The monoisotopic (exact) mass is 418 g/mol. The summed E-state index contributed by atoms with van der Waals surface area (Å²) in [5.41, 5.74) is 1.70. The van der Waals surface area contributed by atoms with Gasteiger partial charge in [-0.2, -0.15) is 0 Å². The Morgan fingerprint density at radius 1 is 1.06 bits per heavy atom. The highest BCUT2D eigenvalue weighted by Gasteiger charge is 2.50. The van der Waals surface area contributed by atoms with Crippen molar-refractivity contribution < 1.29 is 14.3 Å². The molecule has 1 amide bonds. The Bertz CT molecular complexity index is 1100. The standard InChI is InChI=1S/C24H26N4O3/c29-23-24(28(16-26-23)17-4-2-1-3-5-17)9-12-27(13-10-24)14-18-15-30-21-7-6-20-19(8-11-25-20)22(21)31-18/h1-8,11,18,25H,9-10,12-16H2,(H,26,29). The Morgan fingerprint density at radius 3 is 2.74 bits per heavy atom. The number of fused-ring (bicyclic) bond motifs is 3. The van der Waals surface area contributed by atoms with Crippen molar-refractivity contribution in [3.63, 3.8) is 0 Å². The van der Waals surface area contributed by atoms with Crippen LogP contribution in [-0.4, -0.2) is 60.3 Å². The molecular formula is C24H26N4O3. The molecule has 6 rings (SSSR count). The lowest BCUT2D eigenvalue weighted by molar-refractivity contribution is -0.125. The van der Waals surface area contributed by atoms with E-state index in [1.807, 2.05) is 42.6 Å². The molecule has 2 saturated heterocycles. The second-order valence-corrected chi connectivity index (χ2v) is 8.64. The number of nitrogens with one attached hydrogen (secondary N) is 2. The van der Waals surface area contributed by atoms with E-state index in [4.69, 9.17) is 9.47 Å². The predicted molar refractivity (Wildman–Crippen MR) is 119 cm³/mol. The van der Waals surface area contributed by atoms with Gasteiger partial charge in [0, 0.05) is 42.4 Å². The van der Waals surface area contributed by atoms with Gasteiger partial charge < -0.3 is 24.7 Å². The Kier molecular flexibility index (Phi) is 4.31. The molecule has 2 aromatic carbocycles. The van der Waals surface area contributed by atoms with E-state index in [2.05, 4.69) is 32.2 Å². The van der Waals surface area contributed by atoms with Crippen LogP contribution in [0.15, 0.2) is 54.7 Å². The predicted octanol–water partition coefficient (Wildman–Crippen LogP) is 2.74. The van der Waals surface area contributed by atoms with Gasteiger partial charge in [0.05, 0.1) is 6.67 Å². The second kappa shape index (κ2) is 7.20. The zero-order valence-electron chi connectivity index (χ0n) is 17.3. The first-order chi connectivity index (χ1) is 15.2. The topological polar surface area (TPSA) is 69.8 Å². The third-order valence-electron chi connectivity index (χ3n) is 6.91. The average molecular weight is 418 g/mol. The quantitative estimate of drug-likeness (QED) is 0.685. The molecule has 4 heterocycles. The molecule has 0 radical (unpaired) electrons. The number of piperidine rings is 1. The van der Waals surface area contributed by atoms with Crippen molar-refractivity contribution in [1.82, 2.24) is 15.2 Å². The van der Waals surface area contributed by atoms with Crippen molar-refractivity contribution in [2.24, 2.45) is 0 Å². The fourth-order valence-corrected chi connectivity index (χ4v) is 5.22. The summed E-state index contributed by atoms with van der Waals surface area (Å²) >= 11 is 0. The van der Waals surface area contributed by atoms with Gasteiger partial charge in [-0.15, -0.1) is 0 Å². The Morgan fingerprint density at radius 2 is 1.90 bits per heavy atom. The minimum absolute atomic E-state index is 0.0234. The van der Waals surface area contributed by atoms with Gasteiger partial charge >= 0.3 is 0 Å². The van der Waals surface area contributed by atoms with Gasteiger partial charge in [-0.1, -0.05) is 18.2 Å². The summed E-state index contributed by atoms with van der Waals surface area (Å²) in [5, 5.41) is 4.13. The molecule has 31 heavy (non-hydrogen) atoms. The molecule has 1 unspecified atom stereocenters. The van der Waals surface area contributed by atoms with Crippen LogP contribution in [0.25, 0.3) is 10.9 Å². The van der Waals surface area contributed by atoms with Crippen LogP contribution in [0.1, 0.15) is 12.8 Å². The van der Waals surface area contributed by atoms with Crippen LogP contribution in [0, 0.1) is 0 Å². The number of H-pyrrole nitrogens is 1. The van der Waals surface area contributed by atoms with Gasteiger partial charge in [-0.3, -0.25) is 9.69 Å². The number of carbonyl (C=O) groups excluding carboxylic acids is 1. The van der Waals surface area contributed by atoms with Crippen molar-refractivity contribution in [3.8, 4) is 11.5 Å². The maximum atomic E-state index is 12.8. The molecule has 1 spiro atoms. The van der Waals surface area contributed by atoms with E-state index in [0.717, 1.165) is 60.6 Å².